The van der Waals surface area contributed by atoms with Gasteiger partial charge in [0.2, 0.25) is 10.0 Å². The summed E-state index contributed by atoms with van der Waals surface area (Å²) >= 11 is 6.33. The van der Waals surface area contributed by atoms with Crippen molar-refractivity contribution in [2.75, 3.05) is 24.6 Å². The van der Waals surface area contributed by atoms with E-state index in [1.165, 1.54) is 5.56 Å². The molecule has 0 aromatic heterocycles. The van der Waals surface area contributed by atoms with Crippen LogP contribution in [0.4, 0.5) is 5.69 Å². The van der Waals surface area contributed by atoms with E-state index in [2.05, 4.69) is 43.5 Å². The summed E-state index contributed by atoms with van der Waals surface area (Å²) in [5.41, 5.74) is 3.24. The number of ether oxygens (including phenoxy) is 1. The fourth-order valence-electron chi connectivity index (χ4n) is 6.41. The van der Waals surface area contributed by atoms with Gasteiger partial charge in [-0.25, -0.2) is 13.1 Å². The minimum absolute atomic E-state index is 0.00130. The number of amides is 1. The van der Waals surface area contributed by atoms with Crippen LogP contribution in [0.1, 0.15) is 80.8 Å². The monoisotopic (exact) mass is 702 g/mol. The highest BCUT2D eigenvalue weighted by atomic mass is 35.5. The fourth-order valence-corrected chi connectivity index (χ4v) is 9.01. The molecule has 258 valence electrons. The number of benzene rings is 2. The number of halogens is 1. The number of carbonyl (C=O) groups excluding carboxylic acids is 1. The Kier molecular flexibility index (Phi) is 11.2. The highest BCUT2D eigenvalue weighted by Crippen LogP contribution is 2.41. The van der Waals surface area contributed by atoms with Crippen molar-refractivity contribution in [3.05, 3.63) is 70.3 Å². The molecule has 2 aliphatic heterocycles. The van der Waals surface area contributed by atoms with E-state index in [-0.39, 0.29) is 35.5 Å². The minimum atomic E-state index is -4.09. The Bertz CT molecular complexity index is 1570. The molecule has 1 fully saturated rings. The number of hydrogen-bond acceptors (Lipinski definition) is 7. The predicted molar refractivity (Wildman–Crippen MR) is 191 cm³/mol. The summed E-state index contributed by atoms with van der Waals surface area (Å²) < 4.78 is 42.7. The zero-order valence-corrected chi connectivity index (χ0v) is 31.0. The topological polar surface area (TPSA) is 105 Å². The third-order valence-corrected chi connectivity index (χ3v) is 17.2. The molecule has 2 aromatic carbocycles. The molecular weight excluding hydrogens is 652 g/mol. The Labute approximate surface area is 287 Å². The molecule has 0 unspecified atom stereocenters. The van der Waals surface area contributed by atoms with Crippen molar-refractivity contribution >= 4 is 41.5 Å². The van der Waals surface area contributed by atoms with E-state index in [1.807, 2.05) is 30.4 Å². The van der Waals surface area contributed by atoms with Gasteiger partial charge in [-0.2, -0.15) is 0 Å². The van der Waals surface area contributed by atoms with Gasteiger partial charge in [-0.3, -0.25) is 4.79 Å². The summed E-state index contributed by atoms with van der Waals surface area (Å²) in [6.45, 7) is 12.3. The Morgan fingerprint density at radius 1 is 1.09 bits per heavy atom. The maximum atomic E-state index is 13.8. The van der Waals surface area contributed by atoms with Crippen molar-refractivity contribution in [3.63, 3.8) is 0 Å². The van der Waals surface area contributed by atoms with Gasteiger partial charge in [0, 0.05) is 23.7 Å². The number of fused-ring (bicyclic) bond motifs is 3. The predicted octanol–water partition coefficient (Wildman–Crippen LogP) is 7.25. The number of carbonyl (C=O) groups is 1. The van der Waals surface area contributed by atoms with Crippen LogP contribution in [-0.4, -0.2) is 58.8 Å². The first kappa shape index (κ1) is 35.9. The summed E-state index contributed by atoms with van der Waals surface area (Å²) in [6.07, 6.45) is 8.51. The van der Waals surface area contributed by atoms with Gasteiger partial charge in [0.05, 0.1) is 18.4 Å². The number of allylic oxidation sites excluding steroid dienone is 1. The zero-order valence-electron chi connectivity index (χ0n) is 28.4. The van der Waals surface area contributed by atoms with Crippen LogP contribution in [0.25, 0.3) is 0 Å². The number of hydrogen-bond donors (Lipinski definition) is 2. The van der Waals surface area contributed by atoms with Gasteiger partial charge in [0.25, 0.3) is 5.91 Å². The van der Waals surface area contributed by atoms with Crippen molar-refractivity contribution in [1.82, 2.24) is 4.72 Å². The smallest absolute Gasteiger partial charge is 0.264 e. The summed E-state index contributed by atoms with van der Waals surface area (Å²) in [4.78, 5) is 15.9. The first-order chi connectivity index (χ1) is 22.1. The Morgan fingerprint density at radius 2 is 1.87 bits per heavy atom. The van der Waals surface area contributed by atoms with Crippen molar-refractivity contribution < 1.29 is 27.5 Å². The molecule has 5 rings (SSSR count). The zero-order chi connectivity index (χ0) is 34.0. The number of aliphatic hydroxyl groups is 1. The molecule has 0 radical (unpaired) electrons. The van der Waals surface area contributed by atoms with E-state index < -0.39 is 35.6 Å². The van der Waals surface area contributed by atoms with Crippen LogP contribution in [0, 0.1) is 11.8 Å². The van der Waals surface area contributed by atoms with Gasteiger partial charge in [0.15, 0.2) is 8.32 Å². The van der Waals surface area contributed by atoms with Gasteiger partial charge in [0.1, 0.15) is 17.6 Å². The Hall–Kier alpha value is -2.37. The molecule has 47 heavy (non-hydrogen) atoms. The van der Waals surface area contributed by atoms with Gasteiger partial charge < -0.3 is 19.2 Å². The molecule has 2 bridgehead atoms. The molecule has 0 spiro atoms. The largest absolute Gasteiger partial charge is 0.487 e. The first-order valence-electron chi connectivity index (χ1n) is 17.0. The average molecular weight is 703 g/mol. The van der Waals surface area contributed by atoms with E-state index >= 15 is 0 Å². The van der Waals surface area contributed by atoms with Gasteiger partial charge >= 0.3 is 0 Å². The van der Waals surface area contributed by atoms with Crippen LogP contribution < -0.4 is 14.4 Å². The van der Waals surface area contributed by atoms with Crippen LogP contribution in [0.3, 0.4) is 0 Å². The van der Waals surface area contributed by atoms with Crippen molar-refractivity contribution in [2.45, 2.75) is 102 Å². The molecule has 2 aromatic rings. The summed E-state index contributed by atoms with van der Waals surface area (Å²) in [5.74, 6) is 0.352. The Balaban J connectivity index is 1.50. The SMILES string of the molecule is CC(C)(C)[Si](C)(C)OC[C@@H]1CC/C=C/[C@H](O)[C@@H]2CC[C@H]2CN2CCCCc3cc(Cl)ccc3COc3ccc(cc32)C(=O)NS1(=O)=O. The lowest BCUT2D eigenvalue weighted by Crippen LogP contribution is -2.46. The summed E-state index contributed by atoms with van der Waals surface area (Å²) in [6, 6.07) is 11.1. The van der Waals surface area contributed by atoms with E-state index in [1.54, 1.807) is 18.2 Å². The number of sulfonamides is 1. The Morgan fingerprint density at radius 3 is 2.60 bits per heavy atom. The second-order valence-corrected chi connectivity index (χ2v) is 22.2. The van der Waals surface area contributed by atoms with E-state index in [0.717, 1.165) is 49.9 Å². The molecule has 1 aliphatic carbocycles. The van der Waals surface area contributed by atoms with E-state index in [9.17, 15) is 18.3 Å². The molecule has 11 heteroatoms. The molecule has 1 amide bonds. The highest BCUT2D eigenvalue weighted by molar-refractivity contribution is 7.90. The molecule has 2 heterocycles. The number of nitrogens with one attached hydrogen (secondary N) is 1. The lowest BCUT2D eigenvalue weighted by molar-refractivity contribution is 0.0461. The van der Waals surface area contributed by atoms with Crippen molar-refractivity contribution in [1.29, 1.82) is 0 Å². The lowest BCUT2D eigenvalue weighted by Gasteiger charge is -2.42. The maximum absolute atomic E-state index is 13.8. The maximum Gasteiger partial charge on any atom is 0.264 e. The first-order valence-corrected chi connectivity index (χ1v) is 21.8. The van der Waals surface area contributed by atoms with Crippen LogP contribution in [0.15, 0.2) is 48.6 Å². The fraction of sp³-hybridized carbons (Fsp3) is 0.583. The van der Waals surface area contributed by atoms with Crippen molar-refractivity contribution in [3.8, 4) is 5.75 Å². The molecule has 2 N–H and O–H groups in total. The lowest BCUT2D eigenvalue weighted by atomic mass is 9.70. The van der Waals surface area contributed by atoms with Crippen LogP contribution in [0.5, 0.6) is 5.75 Å². The van der Waals surface area contributed by atoms with E-state index in [0.29, 0.717) is 30.3 Å². The molecule has 1 saturated carbocycles. The molecule has 4 atom stereocenters. The number of anilines is 1. The third-order valence-electron chi connectivity index (χ3n) is 10.7. The summed E-state index contributed by atoms with van der Waals surface area (Å²) in [7, 11) is -6.35. The molecule has 0 saturated heterocycles. The highest BCUT2D eigenvalue weighted by Gasteiger charge is 2.40. The number of aliphatic hydroxyl groups excluding tert-OH is 1. The third kappa shape index (κ3) is 8.62. The van der Waals surface area contributed by atoms with Crippen LogP contribution in [0.2, 0.25) is 23.2 Å². The minimum Gasteiger partial charge on any atom is -0.487 e. The molecule has 8 nitrogen and oxygen atoms in total. The molecular formula is C36H51ClN2O6SSi. The average Bonchev–Trinajstić information content (AvgIpc) is 3.00. The number of aryl methyl sites for hydroxylation is 1. The van der Waals surface area contributed by atoms with Gasteiger partial charge in [-0.05, 0) is 116 Å². The second kappa shape index (κ2) is 14.6. The molecule has 3 aliphatic rings. The van der Waals surface area contributed by atoms with Gasteiger partial charge in [-0.15, -0.1) is 0 Å². The quantitative estimate of drug-likeness (QED) is 0.257. The van der Waals surface area contributed by atoms with Gasteiger partial charge in [-0.1, -0.05) is 50.6 Å². The van der Waals surface area contributed by atoms with Crippen molar-refractivity contribution in [2.24, 2.45) is 11.8 Å². The normalized spacial score (nSPS) is 26.4. The standard InChI is InChI=1S/C36H51ClN2O6SSi/c1-36(2,3)47(4,5)45-24-30-11-6-7-12-33(40)31-17-14-27(31)22-39-19-9-8-10-25-20-29(37)16-13-28(25)23-44-34-18-15-26(21-32(34)39)35(41)38-46(30,42)43/h7,12-13,15-16,18,20-21,27,30-31,33,40H,6,8-11,14,17,19,22-24H2,1-5H3,(H,38,41)/b12-7+/t27-,30-,31+,33-/m0/s1. The number of nitrogens with zero attached hydrogens (tertiary/aromatic N) is 1. The second-order valence-electron chi connectivity index (χ2n) is 15.0. The van der Waals surface area contributed by atoms with E-state index in [4.69, 9.17) is 20.8 Å². The number of rotatable bonds is 3. The summed E-state index contributed by atoms with van der Waals surface area (Å²) in [5, 5.41) is 10.9. The van der Waals surface area contributed by atoms with Crippen LogP contribution in [-0.2, 0) is 27.5 Å². The van der Waals surface area contributed by atoms with Crippen LogP contribution >= 0.6 is 11.6 Å².